The van der Waals surface area contributed by atoms with Crippen molar-refractivity contribution in [3.63, 3.8) is 0 Å². The number of hydrogen-bond donors (Lipinski definition) is 1. The molecule has 6 nitrogen and oxygen atoms in total. The molecular weight excluding hydrogens is 254 g/mol. The van der Waals surface area contributed by atoms with E-state index in [0.717, 1.165) is 12.8 Å². The zero-order valence-corrected chi connectivity index (χ0v) is 12.2. The first kappa shape index (κ1) is 15.4. The molecule has 0 saturated carbocycles. The first-order valence-electron chi connectivity index (χ1n) is 6.35. The number of rotatable bonds is 4. The molecule has 0 radical (unpaired) electrons. The third kappa shape index (κ3) is 4.55. The summed E-state index contributed by atoms with van der Waals surface area (Å²) >= 11 is 0. The van der Waals surface area contributed by atoms with Crippen LogP contribution < -0.4 is 5.43 Å². The van der Waals surface area contributed by atoms with Crippen molar-refractivity contribution in [1.29, 1.82) is 0 Å². The van der Waals surface area contributed by atoms with Crippen molar-refractivity contribution in [3.8, 4) is 0 Å². The van der Waals surface area contributed by atoms with Crippen LogP contribution in [0.1, 0.15) is 26.7 Å². The van der Waals surface area contributed by atoms with Gasteiger partial charge in [0.2, 0.25) is 15.9 Å². The SMILES string of the molecule is CCC(C)C(=O)NN1CCCN(S(C)(=O)=O)CC1. The van der Waals surface area contributed by atoms with Crippen LogP contribution in [0.3, 0.4) is 0 Å². The van der Waals surface area contributed by atoms with Crippen molar-refractivity contribution in [2.45, 2.75) is 26.7 Å². The normalized spacial score (nSPS) is 21.3. The summed E-state index contributed by atoms with van der Waals surface area (Å²) in [5, 5.41) is 1.82. The van der Waals surface area contributed by atoms with E-state index in [9.17, 15) is 13.2 Å². The molecule has 18 heavy (non-hydrogen) atoms. The van der Waals surface area contributed by atoms with Crippen molar-refractivity contribution in [2.75, 3.05) is 32.4 Å². The van der Waals surface area contributed by atoms with E-state index in [1.807, 2.05) is 18.9 Å². The average molecular weight is 277 g/mol. The molecule has 1 atom stereocenters. The van der Waals surface area contributed by atoms with Crippen LogP contribution >= 0.6 is 0 Å². The maximum Gasteiger partial charge on any atom is 0.237 e. The minimum Gasteiger partial charge on any atom is -0.289 e. The van der Waals surface area contributed by atoms with E-state index in [0.29, 0.717) is 26.2 Å². The summed E-state index contributed by atoms with van der Waals surface area (Å²) < 4.78 is 24.3. The summed E-state index contributed by atoms with van der Waals surface area (Å²) in [6.45, 7) is 6.03. The Morgan fingerprint density at radius 1 is 1.28 bits per heavy atom. The standard InChI is InChI=1S/C11H23N3O3S/c1-4-10(2)11(15)12-13-6-5-7-14(9-8-13)18(3,16)17/h10H,4-9H2,1-3H3,(H,12,15). The molecule has 0 aromatic rings. The highest BCUT2D eigenvalue weighted by molar-refractivity contribution is 7.88. The van der Waals surface area contributed by atoms with Crippen LogP contribution in [0.15, 0.2) is 0 Å². The van der Waals surface area contributed by atoms with E-state index in [2.05, 4.69) is 5.43 Å². The molecule has 1 rings (SSSR count). The van der Waals surface area contributed by atoms with Crippen LogP contribution in [-0.4, -0.2) is 56.1 Å². The summed E-state index contributed by atoms with van der Waals surface area (Å²) in [5.74, 6) is -0.00966. The molecule has 1 aliphatic rings. The Kier molecular flexibility index (Phi) is 5.55. The van der Waals surface area contributed by atoms with E-state index in [4.69, 9.17) is 0 Å². The number of carbonyl (C=O) groups is 1. The first-order chi connectivity index (χ1) is 8.34. The molecule has 0 aromatic heterocycles. The van der Waals surface area contributed by atoms with Crippen LogP contribution in [-0.2, 0) is 14.8 Å². The van der Waals surface area contributed by atoms with Crippen molar-refractivity contribution in [1.82, 2.24) is 14.7 Å². The van der Waals surface area contributed by atoms with Gasteiger partial charge in [0.05, 0.1) is 6.26 Å². The van der Waals surface area contributed by atoms with Crippen molar-refractivity contribution < 1.29 is 13.2 Å². The fourth-order valence-electron chi connectivity index (χ4n) is 1.79. The first-order valence-corrected chi connectivity index (χ1v) is 8.20. The molecule has 1 unspecified atom stereocenters. The molecule has 0 spiro atoms. The fourth-order valence-corrected chi connectivity index (χ4v) is 2.66. The Balaban J connectivity index is 2.50. The molecular formula is C11H23N3O3S. The molecule has 0 aliphatic carbocycles. The average Bonchev–Trinajstić information content (AvgIpc) is 2.52. The van der Waals surface area contributed by atoms with Crippen molar-refractivity contribution in [3.05, 3.63) is 0 Å². The summed E-state index contributed by atoms with van der Waals surface area (Å²) in [4.78, 5) is 11.7. The number of nitrogens with zero attached hydrogens (tertiary/aromatic N) is 2. The van der Waals surface area contributed by atoms with E-state index < -0.39 is 10.0 Å². The minimum absolute atomic E-state index is 0.00491. The predicted molar refractivity (Wildman–Crippen MR) is 70.2 cm³/mol. The third-order valence-corrected chi connectivity index (χ3v) is 4.56. The van der Waals surface area contributed by atoms with Crippen LogP contribution in [0.5, 0.6) is 0 Å². The van der Waals surface area contributed by atoms with Gasteiger partial charge in [-0.2, -0.15) is 0 Å². The van der Waals surface area contributed by atoms with Gasteiger partial charge in [0.1, 0.15) is 0 Å². The van der Waals surface area contributed by atoms with Crippen LogP contribution in [0.4, 0.5) is 0 Å². The van der Waals surface area contributed by atoms with Crippen LogP contribution in [0.2, 0.25) is 0 Å². The summed E-state index contributed by atoms with van der Waals surface area (Å²) in [5.41, 5.74) is 2.85. The largest absolute Gasteiger partial charge is 0.289 e. The Morgan fingerprint density at radius 2 is 1.94 bits per heavy atom. The maximum atomic E-state index is 11.7. The zero-order chi connectivity index (χ0) is 13.8. The van der Waals surface area contributed by atoms with Gasteiger partial charge in [-0.25, -0.2) is 17.7 Å². The molecule has 1 N–H and O–H groups in total. The molecule has 1 amide bonds. The highest BCUT2D eigenvalue weighted by Crippen LogP contribution is 2.06. The summed E-state index contributed by atoms with van der Waals surface area (Å²) in [7, 11) is -3.13. The number of hydrazine groups is 1. The highest BCUT2D eigenvalue weighted by Gasteiger charge is 2.22. The highest BCUT2D eigenvalue weighted by atomic mass is 32.2. The molecule has 1 fully saturated rings. The monoisotopic (exact) mass is 277 g/mol. The lowest BCUT2D eigenvalue weighted by Gasteiger charge is -2.23. The second kappa shape index (κ2) is 6.49. The Hall–Kier alpha value is -0.660. The lowest BCUT2D eigenvalue weighted by molar-refractivity contribution is -0.129. The molecule has 7 heteroatoms. The zero-order valence-electron chi connectivity index (χ0n) is 11.3. The summed E-state index contributed by atoms with van der Waals surface area (Å²) in [6, 6.07) is 0. The van der Waals surface area contributed by atoms with Crippen molar-refractivity contribution >= 4 is 15.9 Å². The van der Waals surface area contributed by atoms with Crippen LogP contribution in [0, 0.1) is 5.92 Å². The van der Waals surface area contributed by atoms with Gasteiger partial charge in [0.25, 0.3) is 0 Å². The van der Waals surface area contributed by atoms with Crippen LogP contribution in [0.25, 0.3) is 0 Å². The fraction of sp³-hybridized carbons (Fsp3) is 0.909. The molecule has 1 aliphatic heterocycles. The second-order valence-electron chi connectivity index (χ2n) is 4.79. The van der Waals surface area contributed by atoms with Gasteiger partial charge in [-0.3, -0.25) is 10.2 Å². The van der Waals surface area contributed by atoms with E-state index in [-0.39, 0.29) is 11.8 Å². The lowest BCUT2D eigenvalue weighted by atomic mass is 10.1. The van der Waals surface area contributed by atoms with E-state index >= 15 is 0 Å². The second-order valence-corrected chi connectivity index (χ2v) is 6.77. The third-order valence-electron chi connectivity index (χ3n) is 3.25. The number of carbonyl (C=O) groups excluding carboxylic acids is 1. The molecule has 106 valence electrons. The van der Waals surface area contributed by atoms with E-state index in [1.54, 1.807) is 0 Å². The Bertz CT molecular complexity index is 383. The smallest absolute Gasteiger partial charge is 0.237 e. The predicted octanol–water partition coefficient (Wildman–Crippen LogP) is 0.0310. The number of nitrogens with one attached hydrogen (secondary N) is 1. The molecule has 1 heterocycles. The van der Waals surface area contributed by atoms with Crippen molar-refractivity contribution in [2.24, 2.45) is 5.92 Å². The van der Waals surface area contributed by atoms with E-state index in [1.165, 1.54) is 10.6 Å². The topological polar surface area (TPSA) is 69.7 Å². The van der Waals surface area contributed by atoms with Gasteiger partial charge in [-0.1, -0.05) is 13.8 Å². The Labute approximate surface area is 109 Å². The lowest BCUT2D eigenvalue weighted by Crippen LogP contribution is -2.46. The van der Waals surface area contributed by atoms with Gasteiger partial charge in [-0.05, 0) is 12.8 Å². The van der Waals surface area contributed by atoms with Gasteiger partial charge in [-0.15, -0.1) is 0 Å². The van der Waals surface area contributed by atoms with Gasteiger partial charge >= 0.3 is 0 Å². The molecule has 1 saturated heterocycles. The molecule has 0 aromatic carbocycles. The Morgan fingerprint density at radius 3 is 2.50 bits per heavy atom. The summed E-state index contributed by atoms with van der Waals surface area (Å²) in [6.07, 6.45) is 2.75. The maximum absolute atomic E-state index is 11.7. The molecule has 0 bridgehead atoms. The number of hydrogen-bond acceptors (Lipinski definition) is 4. The van der Waals surface area contributed by atoms with Gasteiger partial charge in [0, 0.05) is 32.1 Å². The quantitative estimate of drug-likeness (QED) is 0.787. The number of sulfonamides is 1. The minimum atomic E-state index is -3.13. The number of amides is 1. The van der Waals surface area contributed by atoms with Gasteiger partial charge < -0.3 is 0 Å². The van der Waals surface area contributed by atoms with Gasteiger partial charge in [0.15, 0.2) is 0 Å².